The van der Waals surface area contributed by atoms with Crippen molar-refractivity contribution in [2.75, 3.05) is 5.32 Å². The van der Waals surface area contributed by atoms with Crippen molar-refractivity contribution in [3.05, 3.63) is 95.9 Å². The summed E-state index contributed by atoms with van der Waals surface area (Å²) >= 11 is 0. The Bertz CT molecular complexity index is 1580. The topological polar surface area (TPSA) is 77.1 Å². The summed E-state index contributed by atoms with van der Waals surface area (Å²) < 4.78 is 21.2. The van der Waals surface area contributed by atoms with Crippen LogP contribution in [0.2, 0.25) is 0 Å². The maximum atomic E-state index is 13.5. The van der Waals surface area contributed by atoms with Crippen LogP contribution in [0.25, 0.3) is 33.4 Å². The highest BCUT2D eigenvalue weighted by atomic mass is 19.1. The molecule has 0 spiro atoms. The van der Waals surface area contributed by atoms with E-state index in [4.69, 9.17) is 4.42 Å². The molecule has 5 aromatic rings. The van der Waals surface area contributed by atoms with Gasteiger partial charge in [-0.05, 0) is 66.6 Å². The molecule has 0 atom stereocenters. The SMILES string of the molecule is CCC(=O)c1c(-c2ccc(F)cc2)oc2ccc(-c3cccc(C(=O)Nc4ccnn4CC)c3)cc12. The molecule has 180 valence electrons. The van der Waals surface area contributed by atoms with Crippen LogP contribution in [0.15, 0.2) is 83.4 Å². The molecule has 0 unspecified atom stereocenters. The average Bonchev–Trinajstić information content (AvgIpc) is 3.52. The van der Waals surface area contributed by atoms with E-state index in [1.165, 1.54) is 12.1 Å². The maximum Gasteiger partial charge on any atom is 0.256 e. The Morgan fingerprint density at radius 2 is 1.69 bits per heavy atom. The van der Waals surface area contributed by atoms with Gasteiger partial charge < -0.3 is 9.73 Å². The van der Waals surface area contributed by atoms with Gasteiger partial charge in [0.05, 0.1) is 11.8 Å². The van der Waals surface area contributed by atoms with Gasteiger partial charge in [-0.15, -0.1) is 0 Å². The van der Waals surface area contributed by atoms with E-state index in [9.17, 15) is 14.0 Å². The predicted molar refractivity (Wildman–Crippen MR) is 138 cm³/mol. The summed E-state index contributed by atoms with van der Waals surface area (Å²) in [7, 11) is 0. The summed E-state index contributed by atoms with van der Waals surface area (Å²) in [5.74, 6) is 0.393. The van der Waals surface area contributed by atoms with Crippen LogP contribution in [0, 0.1) is 5.82 Å². The molecule has 1 N–H and O–H groups in total. The highest BCUT2D eigenvalue weighted by molar-refractivity contribution is 6.13. The van der Waals surface area contributed by atoms with Crippen LogP contribution in [-0.4, -0.2) is 21.5 Å². The number of benzene rings is 3. The van der Waals surface area contributed by atoms with Crippen LogP contribution in [0.1, 0.15) is 41.0 Å². The van der Waals surface area contributed by atoms with Crippen molar-refractivity contribution in [1.29, 1.82) is 0 Å². The lowest BCUT2D eigenvalue weighted by Gasteiger charge is -2.09. The Hall–Kier alpha value is -4.52. The number of rotatable bonds is 7. The van der Waals surface area contributed by atoms with E-state index in [0.717, 1.165) is 11.1 Å². The third kappa shape index (κ3) is 4.31. The Morgan fingerprint density at radius 1 is 0.944 bits per heavy atom. The number of carbonyl (C=O) groups is 2. The standard InChI is InChI=1S/C29H24FN3O3/c1-3-24(34)27-23-17-20(10-13-25(23)36-28(27)18-8-11-22(30)12-9-18)19-6-5-7-21(16-19)29(35)32-26-14-15-31-33(26)4-2/h5-17H,3-4H2,1-2H3,(H,32,35). The lowest BCUT2D eigenvalue weighted by molar-refractivity contribution is 0.0988. The van der Waals surface area contributed by atoms with Gasteiger partial charge >= 0.3 is 0 Å². The zero-order valence-electron chi connectivity index (χ0n) is 19.9. The summed E-state index contributed by atoms with van der Waals surface area (Å²) in [4.78, 5) is 25.9. The van der Waals surface area contributed by atoms with E-state index in [1.807, 2.05) is 43.3 Å². The molecule has 0 aliphatic heterocycles. The largest absolute Gasteiger partial charge is 0.455 e. The number of halogens is 1. The number of anilines is 1. The number of furan rings is 1. The Balaban J connectivity index is 1.54. The lowest BCUT2D eigenvalue weighted by atomic mass is 9.97. The number of nitrogens with one attached hydrogen (secondary N) is 1. The first-order chi connectivity index (χ1) is 17.5. The van der Waals surface area contributed by atoms with Crippen molar-refractivity contribution >= 4 is 28.5 Å². The van der Waals surface area contributed by atoms with Gasteiger partial charge in [0.25, 0.3) is 5.91 Å². The molecule has 0 fully saturated rings. The molecule has 0 saturated carbocycles. The molecular weight excluding hydrogens is 457 g/mol. The van der Waals surface area contributed by atoms with Crippen molar-refractivity contribution in [1.82, 2.24) is 9.78 Å². The van der Waals surface area contributed by atoms with E-state index in [0.29, 0.717) is 52.2 Å². The molecule has 7 heteroatoms. The van der Waals surface area contributed by atoms with E-state index in [-0.39, 0.29) is 17.5 Å². The highest BCUT2D eigenvalue weighted by Gasteiger charge is 2.22. The molecule has 36 heavy (non-hydrogen) atoms. The summed E-state index contributed by atoms with van der Waals surface area (Å²) in [5.41, 5.74) is 3.84. The molecule has 5 rings (SSSR count). The number of ketones is 1. The van der Waals surface area contributed by atoms with Crippen molar-refractivity contribution in [2.45, 2.75) is 26.8 Å². The molecule has 0 radical (unpaired) electrons. The Morgan fingerprint density at radius 3 is 2.44 bits per heavy atom. The number of fused-ring (bicyclic) bond motifs is 1. The number of carbonyl (C=O) groups excluding carboxylic acids is 2. The summed E-state index contributed by atoms with van der Waals surface area (Å²) in [6.07, 6.45) is 1.95. The van der Waals surface area contributed by atoms with Gasteiger partial charge in [0.2, 0.25) is 0 Å². The summed E-state index contributed by atoms with van der Waals surface area (Å²) in [6, 6.07) is 20.6. The van der Waals surface area contributed by atoms with Crippen molar-refractivity contribution in [3.8, 4) is 22.5 Å². The van der Waals surface area contributed by atoms with Crippen molar-refractivity contribution in [3.63, 3.8) is 0 Å². The number of aromatic nitrogens is 2. The van der Waals surface area contributed by atoms with Crippen LogP contribution in [0.5, 0.6) is 0 Å². The second-order valence-electron chi connectivity index (χ2n) is 8.37. The van der Waals surface area contributed by atoms with E-state index in [1.54, 1.807) is 42.1 Å². The minimum Gasteiger partial charge on any atom is -0.455 e. The van der Waals surface area contributed by atoms with Gasteiger partial charge in [0.1, 0.15) is 23.0 Å². The second-order valence-corrected chi connectivity index (χ2v) is 8.37. The van der Waals surface area contributed by atoms with Gasteiger partial charge in [-0.1, -0.05) is 25.1 Å². The van der Waals surface area contributed by atoms with Crippen LogP contribution in [-0.2, 0) is 6.54 Å². The van der Waals surface area contributed by atoms with Gasteiger partial charge in [0.15, 0.2) is 5.78 Å². The Labute approximate surface area is 207 Å². The third-order valence-electron chi connectivity index (χ3n) is 6.11. The van der Waals surface area contributed by atoms with Gasteiger partial charge in [-0.3, -0.25) is 9.59 Å². The van der Waals surface area contributed by atoms with Crippen molar-refractivity contribution in [2.24, 2.45) is 0 Å². The van der Waals surface area contributed by atoms with E-state index in [2.05, 4.69) is 10.4 Å². The number of Topliss-reactive ketones (excluding diaryl/α,β-unsaturated/α-hetero) is 1. The normalized spacial score (nSPS) is 11.1. The fourth-order valence-corrected chi connectivity index (χ4v) is 4.25. The monoisotopic (exact) mass is 481 g/mol. The number of aryl methyl sites for hydroxylation is 1. The molecule has 2 heterocycles. The number of hydrogen-bond donors (Lipinski definition) is 1. The van der Waals surface area contributed by atoms with Crippen LogP contribution in [0.4, 0.5) is 10.2 Å². The minimum atomic E-state index is -0.358. The van der Waals surface area contributed by atoms with Crippen LogP contribution < -0.4 is 5.32 Å². The zero-order valence-corrected chi connectivity index (χ0v) is 19.9. The zero-order chi connectivity index (χ0) is 25.2. The molecule has 0 aliphatic carbocycles. The number of hydrogen-bond acceptors (Lipinski definition) is 4. The number of nitrogens with zero attached hydrogens (tertiary/aromatic N) is 2. The molecule has 0 bridgehead atoms. The predicted octanol–water partition coefficient (Wildman–Crippen LogP) is 6.97. The molecule has 0 aliphatic rings. The molecule has 3 aromatic carbocycles. The first-order valence-corrected chi connectivity index (χ1v) is 11.8. The lowest BCUT2D eigenvalue weighted by Crippen LogP contribution is -2.15. The first-order valence-electron chi connectivity index (χ1n) is 11.8. The van der Waals surface area contributed by atoms with Gasteiger partial charge in [-0.25, -0.2) is 9.07 Å². The highest BCUT2D eigenvalue weighted by Crippen LogP contribution is 2.37. The fraction of sp³-hybridized carbons (Fsp3) is 0.138. The average molecular weight is 482 g/mol. The Kier molecular flexibility index (Phi) is 6.21. The van der Waals surface area contributed by atoms with Crippen LogP contribution in [0.3, 0.4) is 0 Å². The van der Waals surface area contributed by atoms with Crippen LogP contribution >= 0.6 is 0 Å². The summed E-state index contributed by atoms with van der Waals surface area (Å²) in [5, 5.41) is 7.76. The van der Waals surface area contributed by atoms with E-state index < -0.39 is 0 Å². The second kappa shape index (κ2) is 9.62. The van der Waals surface area contributed by atoms with Gasteiger partial charge in [0, 0.05) is 35.5 Å². The maximum absolute atomic E-state index is 13.5. The molecule has 6 nitrogen and oxygen atoms in total. The molecule has 1 amide bonds. The fourth-order valence-electron chi connectivity index (χ4n) is 4.25. The van der Waals surface area contributed by atoms with E-state index >= 15 is 0 Å². The minimum absolute atomic E-state index is 0.0640. The summed E-state index contributed by atoms with van der Waals surface area (Å²) in [6.45, 7) is 4.40. The molecule has 0 saturated heterocycles. The quantitative estimate of drug-likeness (QED) is 0.255. The first kappa shape index (κ1) is 23.2. The smallest absolute Gasteiger partial charge is 0.256 e. The molecular formula is C29H24FN3O3. The van der Waals surface area contributed by atoms with Gasteiger partial charge in [-0.2, -0.15) is 5.10 Å². The third-order valence-corrected chi connectivity index (χ3v) is 6.11. The number of amides is 1. The molecule has 2 aromatic heterocycles. The van der Waals surface area contributed by atoms with Crippen molar-refractivity contribution < 1.29 is 18.4 Å².